The van der Waals surface area contributed by atoms with E-state index >= 15 is 0 Å². The Morgan fingerprint density at radius 3 is 3.00 bits per heavy atom. The van der Waals surface area contributed by atoms with Crippen LogP contribution in [0, 0.1) is 5.92 Å². The molecular weight excluding hydrogens is 308 g/mol. The predicted octanol–water partition coefficient (Wildman–Crippen LogP) is 3.28. The van der Waals surface area contributed by atoms with Crippen molar-refractivity contribution in [2.24, 2.45) is 5.92 Å². The van der Waals surface area contributed by atoms with Gasteiger partial charge in [0.1, 0.15) is 4.88 Å². The first-order chi connectivity index (χ1) is 10.0. The van der Waals surface area contributed by atoms with E-state index in [4.69, 9.17) is 22.4 Å². The first-order valence-corrected chi connectivity index (χ1v) is 8.09. The monoisotopic (exact) mass is 326 g/mol. The van der Waals surface area contributed by atoms with Gasteiger partial charge in [-0.25, -0.2) is 0 Å². The highest BCUT2D eigenvalue weighted by atomic mass is 35.5. The number of halogens is 1. The number of nitrogens with two attached hydrogens (primary N) is 1. The number of carbonyl (C=O) groups is 1. The number of carbonyl (C=O) groups excluding carboxylic acids is 1. The lowest BCUT2D eigenvalue weighted by molar-refractivity contribution is 0.0957. The molecule has 0 spiro atoms. The lowest BCUT2D eigenvalue weighted by Crippen LogP contribution is -2.24. The predicted molar refractivity (Wildman–Crippen MR) is 89.1 cm³/mol. The summed E-state index contributed by atoms with van der Waals surface area (Å²) < 4.78 is 0.955. The van der Waals surface area contributed by atoms with Crippen LogP contribution in [0.5, 0.6) is 0 Å². The lowest BCUT2D eigenvalue weighted by atomic mass is 10.1. The summed E-state index contributed by atoms with van der Waals surface area (Å²) in [6, 6.07) is 5.44. The molecule has 0 aliphatic carbocycles. The highest BCUT2D eigenvalue weighted by Crippen LogP contribution is 2.35. The Labute approximate surface area is 132 Å². The molecule has 1 atom stereocenters. The van der Waals surface area contributed by atoms with E-state index in [1.165, 1.54) is 11.3 Å². The molecule has 0 fully saturated rings. The van der Waals surface area contributed by atoms with Crippen molar-refractivity contribution in [3.05, 3.63) is 28.1 Å². The minimum atomic E-state index is -0.151. The molecule has 4 nitrogen and oxygen atoms in total. The fraction of sp³-hybridized carbons (Fsp3) is 0.400. The van der Waals surface area contributed by atoms with Crippen LogP contribution in [0.15, 0.2) is 18.2 Å². The molecule has 1 heterocycles. The van der Waals surface area contributed by atoms with Crippen LogP contribution in [0.25, 0.3) is 10.1 Å². The molecule has 1 amide bonds. The first kappa shape index (κ1) is 16.1. The van der Waals surface area contributed by atoms with Gasteiger partial charge in [-0.1, -0.05) is 18.5 Å². The summed E-state index contributed by atoms with van der Waals surface area (Å²) in [6.45, 7) is 2.74. The number of thiophene rings is 1. The molecule has 0 aliphatic heterocycles. The summed E-state index contributed by atoms with van der Waals surface area (Å²) >= 11 is 7.33. The zero-order valence-corrected chi connectivity index (χ0v) is 13.4. The third-order valence-electron chi connectivity index (χ3n) is 3.37. The summed E-state index contributed by atoms with van der Waals surface area (Å²) in [5.41, 5.74) is 6.53. The fourth-order valence-electron chi connectivity index (χ4n) is 2.08. The summed E-state index contributed by atoms with van der Waals surface area (Å²) in [5, 5.41) is 13.3. The Balaban J connectivity index is 2.01. The zero-order chi connectivity index (χ0) is 15.4. The van der Waals surface area contributed by atoms with Gasteiger partial charge in [0.2, 0.25) is 0 Å². The van der Waals surface area contributed by atoms with Crippen LogP contribution in [0.3, 0.4) is 0 Å². The Kier molecular flexibility index (Phi) is 5.45. The maximum Gasteiger partial charge on any atom is 0.263 e. The largest absolute Gasteiger partial charge is 0.397 e. The quantitative estimate of drug-likeness (QED) is 0.713. The summed E-state index contributed by atoms with van der Waals surface area (Å²) in [6.07, 6.45) is 1.72. The third-order valence-corrected chi connectivity index (χ3v) is 4.79. The molecule has 21 heavy (non-hydrogen) atoms. The Bertz CT molecular complexity index is 642. The molecule has 0 saturated carbocycles. The van der Waals surface area contributed by atoms with E-state index in [9.17, 15) is 4.79 Å². The van der Waals surface area contributed by atoms with Crippen LogP contribution >= 0.6 is 22.9 Å². The molecular formula is C15H19ClN2O2S. The second kappa shape index (κ2) is 7.11. The van der Waals surface area contributed by atoms with E-state index in [1.807, 2.05) is 13.0 Å². The molecule has 2 rings (SSSR count). The van der Waals surface area contributed by atoms with Crippen molar-refractivity contribution < 1.29 is 9.90 Å². The number of anilines is 1. The maximum absolute atomic E-state index is 12.2. The fourth-order valence-corrected chi connectivity index (χ4v) is 3.27. The SMILES string of the molecule is CC(CO)CCCNC(=O)c1sc2ccc(Cl)cc2c1N. The number of aliphatic hydroxyl groups excluding tert-OH is 1. The lowest BCUT2D eigenvalue weighted by Gasteiger charge is -2.08. The zero-order valence-electron chi connectivity index (χ0n) is 11.9. The number of fused-ring (bicyclic) bond motifs is 1. The van der Waals surface area contributed by atoms with E-state index in [0.717, 1.165) is 22.9 Å². The molecule has 4 N–H and O–H groups in total. The van der Waals surface area contributed by atoms with Crippen LogP contribution in [0.1, 0.15) is 29.4 Å². The summed E-state index contributed by atoms with van der Waals surface area (Å²) in [4.78, 5) is 12.7. The average Bonchev–Trinajstić information content (AvgIpc) is 2.80. The molecule has 0 radical (unpaired) electrons. The van der Waals surface area contributed by atoms with Crippen LogP contribution < -0.4 is 11.1 Å². The molecule has 0 bridgehead atoms. The van der Waals surface area contributed by atoms with Crippen molar-refractivity contribution >= 4 is 44.6 Å². The average molecular weight is 327 g/mol. The molecule has 1 unspecified atom stereocenters. The van der Waals surface area contributed by atoms with Gasteiger partial charge in [-0.15, -0.1) is 11.3 Å². The molecule has 1 aromatic heterocycles. The van der Waals surface area contributed by atoms with Crippen LogP contribution in [-0.4, -0.2) is 24.2 Å². The van der Waals surface area contributed by atoms with Crippen molar-refractivity contribution in [2.75, 3.05) is 18.9 Å². The van der Waals surface area contributed by atoms with Gasteiger partial charge in [0.15, 0.2) is 0 Å². The van der Waals surface area contributed by atoms with Gasteiger partial charge in [0.05, 0.1) is 5.69 Å². The number of nitrogen functional groups attached to an aromatic ring is 1. The van der Waals surface area contributed by atoms with Gasteiger partial charge in [-0.3, -0.25) is 4.79 Å². The highest BCUT2D eigenvalue weighted by molar-refractivity contribution is 7.21. The van der Waals surface area contributed by atoms with E-state index in [-0.39, 0.29) is 18.4 Å². The normalized spacial score (nSPS) is 12.5. The van der Waals surface area contributed by atoms with Gasteiger partial charge in [-0.05, 0) is 37.0 Å². The minimum Gasteiger partial charge on any atom is -0.397 e. The molecule has 0 saturated heterocycles. The Morgan fingerprint density at radius 1 is 1.52 bits per heavy atom. The highest BCUT2D eigenvalue weighted by Gasteiger charge is 2.16. The van der Waals surface area contributed by atoms with Gasteiger partial charge >= 0.3 is 0 Å². The third kappa shape index (κ3) is 3.87. The van der Waals surface area contributed by atoms with Crippen LogP contribution in [0.4, 0.5) is 5.69 Å². The van der Waals surface area contributed by atoms with E-state index in [2.05, 4.69) is 5.32 Å². The minimum absolute atomic E-state index is 0.151. The number of hydrogen-bond acceptors (Lipinski definition) is 4. The van der Waals surface area contributed by atoms with Crippen molar-refractivity contribution in [1.82, 2.24) is 5.32 Å². The van der Waals surface area contributed by atoms with Gasteiger partial charge in [-0.2, -0.15) is 0 Å². The molecule has 1 aromatic carbocycles. The maximum atomic E-state index is 12.2. The number of benzene rings is 1. The standard InChI is InChI=1S/C15H19ClN2O2S/c1-9(8-19)3-2-6-18-15(20)14-13(17)11-7-10(16)4-5-12(11)21-14/h4-5,7,9,19H,2-3,6,8,17H2,1H3,(H,18,20). The molecule has 2 aromatic rings. The summed E-state index contributed by atoms with van der Waals surface area (Å²) in [7, 11) is 0. The van der Waals surface area contributed by atoms with Crippen molar-refractivity contribution in [3.8, 4) is 0 Å². The van der Waals surface area contributed by atoms with Crippen LogP contribution in [0.2, 0.25) is 5.02 Å². The van der Waals surface area contributed by atoms with Crippen molar-refractivity contribution in [1.29, 1.82) is 0 Å². The summed E-state index contributed by atoms with van der Waals surface area (Å²) in [5.74, 6) is 0.111. The number of aliphatic hydroxyl groups is 1. The first-order valence-electron chi connectivity index (χ1n) is 6.89. The van der Waals surface area contributed by atoms with Gasteiger partial charge in [0.25, 0.3) is 5.91 Å². The second-order valence-corrected chi connectivity index (χ2v) is 6.66. The van der Waals surface area contributed by atoms with Crippen molar-refractivity contribution in [2.45, 2.75) is 19.8 Å². The topological polar surface area (TPSA) is 75.3 Å². The van der Waals surface area contributed by atoms with E-state index < -0.39 is 0 Å². The Hall–Kier alpha value is -1.30. The van der Waals surface area contributed by atoms with Gasteiger partial charge < -0.3 is 16.2 Å². The van der Waals surface area contributed by atoms with E-state index in [1.54, 1.807) is 12.1 Å². The van der Waals surface area contributed by atoms with E-state index in [0.29, 0.717) is 22.1 Å². The molecule has 6 heteroatoms. The number of hydrogen-bond donors (Lipinski definition) is 3. The second-order valence-electron chi connectivity index (χ2n) is 5.17. The van der Waals surface area contributed by atoms with Crippen molar-refractivity contribution in [3.63, 3.8) is 0 Å². The number of nitrogens with one attached hydrogen (secondary N) is 1. The smallest absolute Gasteiger partial charge is 0.263 e. The number of amides is 1. The van der Waals surface area contributed by atoms with Gasteiger partial charge in [0, 0.05) is 28.3 Å². The molecule has 114 valence electrons. The molecule has 0 aliphatic rings. The number of rotatable bonds is 6. The van der Waals surface area contributed by atoms with Crippen LogP contribution in [-0.2, 0) is 0 Å². The Morgan fingerprint density at radius 2 is 2.29 bits per heavy atom.